The zero-order valence-corrected chi connectivity index (χ0v) is 19.9. The van der Waals surface area contributed by atoms with Crippen LogP contribution in [0.4, 0.5) is 10.6 Å². The van der Waals surface area contributed by atoms with Crippen LogP contribution in [0.25, 0.3) is 0 Å². The average Bonchev–Trinajstić information content (AvgIpc) is 2.70. The third kappa shape index (κ3) is 5.85. The molecule has 0 atom stereocenters. The number of amides is 2. The molecule has 6 heteroatoms. The SMILES string of the molecule is CC(C)(C)[Si](C)(C)Oc1ccc(NC(=O)NC2CCC(c3ccccc3)CC2)nc1. The number of carbonyl (C=O) groups excluding carboxylic acids is 1. The maximum Gasteiger partial charge on any atom is 0.320 e. The Kier molecular flexibility index (Phi) is 6.86. The molecule has 0 unspecified atom stereocenters. The molecule has 0 aliphatic heterocycles. The second-order valence-corrected chi connectivity index (χ2v) is 14.5. The maximum absolute atomic E-state index is 12.4. The van der Waals surface area contributed by atoms with Gasteiger partial charge in [-0.25, -0.2) is 9.78 Å². The van der Waals surface area contributed by atoms with Crippen molar-refractivity contribution >= 4 is 20.2 Å². The molecule has 1 heterocycles. The average molecular weight is 426 g/mol. The Balaban J connectivity index is 1.46. The van der Waals surface area contributed by atoms with Crippen LogP contribution in [-0.2, 0) is 0 Å². The molecule has 0 radical (unpaired) electrons. The van der Waals surface area contributed by atoms with Gasteiger partial charge in [0.2, 0.25) is 0 Å². The van der Waals surface area contributed by atoms with Crippen molar-refractivity contribution < 1.29 is 9.22 Å². The Morgan fingerprint density at radius 1 is 1.03 bits per heavy atom. The summed E-state index contributed by atoms with van der Waals surface area (Å²) >= 11 is 0. The van der Waals surface area contributed by atoms with Gasteiger partial charge in [0, 0.05) is 6.04 Å². The zero-order valence-electron chi connectivity index (χ0n) is 18.9. The zero-order chi connectivity index (χ0) is 21.8. The Hall–Kier alpha value is -2.34. The Labute approximate surface area is 181 Å². The summed E-state index contributed by atoms with van der Waals surface area (Å²) in [5.74, 6) is 1.89. The standard InChI is InChI=1S/C24H35N3O2Si/c1-24(2,3)30(4,5)29-21-15-16-22(25-17-21)27-23(28)26-20-13-11-19(12-14-20)18-9-7-6-8-10-18/h6-10,15-17,19-20H,11-14H2,1-5H3,(H2,25,26,27,28). The summed E-state index contributed by atoms with van der Waals surface area (Å²) in [6.45, 7) is 11.0. The number of rotatable bonds is 5. The van der Waals surface area contributed by atoms with Gasteiger partial charge >= 0.3 is 6.03 Å². The van der Waals surface area contributed by atoms with Gasteiger partial charge in [0.25, 0.3) is 8.32 Å². The number of aromatic nitrogens is 1. The molecule has 3 rings (SSSR count). The second-order valence-electron chi connectivity index (χ2n) is 9.80. The van der Waals surface area contributed by atoms with Gasteiger partial charge in [0.05, 0.1) is 6.20 Å². The Bertz CT molecular complexity index is 824. The smallest absolute Gasteiger partial charge is 0.320 e. The Morgan fingerprint density at radius 3 is 2.27 bits per heavy atom. The molecule has 2 amide bonds. The fraction of sp³-hybridized carbons (Fsp3) is 0.500. The van der Waals surface area contributed by atoms with Crippen molar-refractivity contribution in [2.75, 3.05) is 5.32 Å². The molecular weight excluding hydrogens is 390 g/mol. The number of pyridine rings is 1. The highest BCUT2D eigenvalue weighted by Crippen LogP contribution is 2.37. The van der Waals surface area contributed by atoms with Gasteiger partial charge in [-0.15, -0.1) is 0 Å². The van der Waals surface area contributed by atoms with E-state index < -0.39 is 8.32 Å². The fourth-order valence-corrected chi connectivity index (χ4v) is 4.61. The lowest BCUT2D eigenvalue weighted by atomic mass is 9.82. The largest absolute Gasteiger partial charge is 0.542 e. The van der Waals surface area contributed by atoms with E-state index in [4.69, 9.17) is 4.43 Å². The van der Waals surface area contributed by atoms with Gasteiger partial charge < -0.3 is 9.74 Å². The van der Waals surface area contributed by atoms with Crippen molar-refractivity contribution in [1.82, 2.24) is 10.3 Å². The van der Waals surface area contributed by atoms with E-state index >= 15 is 0 Å². The summed E-state index contributed by atoms with van der Waals surface area (Å²) in [7, 11) is -1.89. The minimum absolute atomic E-state index is 0.128. The molecule has 2 N–H and O–H groups in total. The monoisotopic (exact) mass is 425 g/mol. The van der Waals surface area contributed by atoms with Gasteiger partial charge in [-0.1, -0.05) is 51.1 Å². The topological polar surface area (TPSA) is 63.2 Å². The lowest BCUT2D eigenvalue weighted by Gasteiger charge is -2.36. The van der Waals surface area contributed by atoms with Crippen LogP contribution >= 0.6 is 0 Å². The van der Waals surface area contributed by atoms with E-state index in [1.54, 1.807) is 12.3 Å². The summed E-state index contributed by atoms with van der Waals surface area (Å²) in [6.07, 6.45) is 5.90. The highest BCUT2D eigenvalue weighted by Gasteiger charge is 2.39. The predicted molar refractivity (Wildman–Crippen MR) is 126 cm³/mol. The summed E-state index contributed by atoms with van der Waals surface area (Å²) in [5, 5.41) is 6.07. The van der Waals surface area contributed by atoms with Crippen molar-refractivity contribution in [3.8, 4) is 5.75 Å². The van der Waals surface area contributed by atoms with Crippen molar-refractivity contribution in [1.29, 1.82) is 0 Å². The summed E-state index contributed by atoms with van der Waals surface area (Å²) in [4.78, 5) is 16.7. The lowest BCUT2D eigenvalue weighted by molar-refractivity contribution is 0.242. The first-order chi connectivity index (χ1) is 14.1. The first-order valence-corrected chi connectivity index (χ1v) is 13.8. The molecule has 0 spiro atoms. The van der Waals surface area contributed by atoms with E-state index in [9.17, 15) is 4.79 Å². The van der Waals surface area contributed by atoms with E-state index in [1.165, 1.54) is 5.56 Å². The molecule has 5 nitrogen and oxygen atoms in total. The summed E-state index contributed by atoms with van der Waals surface area (Å²) < 4.78 is 6.24. The van der Waals surface area contributed by atoms with Crippen LogP contribution in [0.15, 0.2) is 48.7 Å². The molecular formula is C24H35N3O2Si. The number of urea groups is 1. The molecule has 1 saturated carbocycles. The van der Waals surface area contributed by atoms with Crippen molar-refractivity contribution in [3.63, 3.8) is 0 Å². The normalized spacial score (nSPS) is 19.8. The molecule has 1 aromatic carbocycles. The minimum atomic E-state index is -1.89. The summed E-state index contributed by atoms with van der Waals surface area (Å²) in [5.41, 5.74) is 1.41. The van der Waals surface area contributed by atoms with Gasteiger partial charge in [-0.2, -0.15) is 0 Å². The quantitative estimate of drug-likeness (QED) is 0.551. The molecule has 30 heavy (non-hydrogen) atoms. The molecule has 162 valence electrons. The van der Waals surface area contributed by atoms with Crippen LogP contribution in [0.1, 0.15) is 57.9 Å². The van der Waals surface area contributed by atoms with Crippen LogP contribution in [-0.4, -0.2) is 25.4 Å². The van der Waals surface area contributed by atoms with E-state index in [1.807, 2.05) is 6.07 Å². The number of nitrogens with one attached hydrogen (secondary N) is 2. The Morgan fingerprint density at radius 2 is 1.70 bits per heavy atom. The molecule has 1 aliphatic carbocycles. The maximum atomic E-state index is 12.4. The molecule has 0 bridgehead atoms. The van der Waals surface area contributed by atoms with Crippen molar-refractivity contribution in [3.05, 3.63) is 54.2 Å². The molecule has 2 aromatic rings. The van der Waals surface area contributed by atoms with E-state index in [2.05, 4.69) is 79.8 Å². The number of hydrogen-bond donors (Lipinski definition) is 2. The van der Waals surface area contributed by atoms with Gasteiger partial charge in [0.1, 0.15) is 11.6 Å². The first kappa shape index (κ1) is 22.3. The second kappa shape index (κ2) is 9.21. The number of carbonyl (C=O) groups is 1. The fourth-order valence-electron chi connectivity index (χ4n) is 3.60. The van der Waals surface area contributed by atoms with Gasteiger partial charge in [-0.3, -0.25) is 5.32 Å². The number of hydrogen-bond acceptors (Lipinski definition) is 3. The van der Waals surface area contributed by atoms with Gasteiger partial charge in [0.15, 0.2) is 0 Å². The number of benzene rings is 1. The molecule has 1 aliphatic rings. The van der Waals surface area contributed by atoms with Crippen LogP contribution in [0.5, 0.6) is 5.75 Å². The lowest BCUT2D eigenvalue weighted by Crippen LogP contribution is -2.43. The molecule has 1 fully saturated rings. The third-order valence-corrected chi connectivity index (χ3v) is 10.8. The van der Waals surface area contributed by atoms with Crippen LogP contribution < -0.4 is 15.1 Å². The van der Waals surface area contributed by atoms with E-state index in [0.29, 0.717) is 11.7 Å². The van der Waals surface area contributed by atoms with Crippen molar-refractivity contribution in [2.24, 2.45) is 0 Å². The first-order valence-electron chi connectivity index (χ1n) is 10.9. The highest BCUT2D eigenvalue weighted by atomic mass is 28.4. The number of anilines is 1. The minimum Gasteiger partial charge on any atom is -0.542 e. The van der Waals surface area contributed by atoms with E-state index in [-0.39, 0.29) is 17.1 Å². The van der Waals surface area contributed by atoms with Gasteiger partial charge in [-0.05, 0) is 67.4 Å². The number of nitrogens with zero attached hydrogens (tertiary/aromatic N) is 1. The van der Waals surface area contributed by atoms with Crippen molar-refractivity contribution in [2.45, 2.75) is 76.5 Å². The molecule has 0 saturated heterocycles. The van der Waals surface area contributed by atoms with E-state index in [0.717, 1.165) is 31.4 Å². The van der Waals surface area contributed by atoms with Crippen LogP contribution in [0.2, 0.25) is 18.1 Å². The predicted octanol–water partition coefficient (Wildman–Crippen LogP) is 6.31. The summed E-state index contributed by atoms with van der Waals surface area (Å²) in [6, 6.07) is 14.4. The molecule has 1 aromatic heterocycles. The van der Waals surface area contributed by atoms with Crippen LogP contribution in [0, 0.1) is 0 Å². The third-order valence-electron chi connectivity index (χ3n) is 6.49. The van der Waals surface area contributed by atoms with Crippen LogP contribution in [0.3, 0.4) is 0 Å². The highest BCUT2D eigenvalue weighted by molar-refractivity contribution is 6.74.